The molecule has 80 valence electrons. The van der Waals surface area contributed by atoms with Crippen molar-refractivity contribution in [1.82, 2.24) is 4.90 Å². The van der Waals surface area contributed by atoms with Crippen LogP contribution in [-0.2, 0) is 9.13 Å². The van der Waals surface area contributed by atoms with Crippen LogP contribution in [0.15, 0.2) is 0 Å². The zero-order valence-electron chi connectivity index (χ0n) is 7.23. The quantitative estimate of drug-likeness (QED) is 0.471. The van der Waals surface area contributed by atoms with E-state index in [1.807, 2.05) is 0 Å². The Hall–Kier alpha value is 0.260. The fraction of sp³-hybridized carbons (Fsp3) is 1.00. The summed E-state index contributed by atoms with van der Waals surface area (Å²) in [5.41, 5.74) is 0. The number of rotatable bonds is 4. The Balaban J connectivity index is 4.67. The molecule has 0 aliphatic heterocycles. The molecule has 0 amide bonds. The van der Waals surface area contributed by atoms with Gasteiger partial charge in [0.05, 0.1) is 6.16 Å². The third-order valence-electron chi connectivity index (χ3n) is 1.39. The smallest absolute Gasteiger partial charge is 0.324 e. The zero-order valence-corrected chi connectivity index (χ0v) is 9.02. The van der Waals surface area contributed by atoms with Crippen molar-refractivity contribution in [2.75, 3.05) is 20.3 Å². The van der Waals surface area contributed by atoms with Gasteiger partial charge >= 0.3 is 15.2 Å². The van der Waals surface area contributed by atoms with Gasteiger partial charge in [0, 0.05) is 0 Å². The van der Waals surface area contributed by atoms with Crippen LogP contribution in [0.2, 0.25) is 0 Å². The minimum atomic E-state index is -4.49. The summed E-state index contributed by atoms with van der Waals surface area (Å²) in [6.07, 6.45) is -0.843. The standard InChI is InChI=1S/C4H13NO6P2/c1-5(2)4(13(9,10)11)3-12(6,7)8/h4H,3H2,1-2H3,(H2,6,7,8)(H2,9,10,11). The molecule has 0 aromatic rings. The van der Waals surface area contributed by atoms with E-state index in [-0.39, 0.29) is 0 Å². The summed E-state index contributed by atoms with van der Waals surface area (Å²) >= 11 is 0. The van der Waals surface area contributed by atoms with Gasteiger partial charge in [0.15, 0.2) is 0 Å². The third-order valence-corrected chi connectivity index (χ3v) is 3.92. The molecule has 0 heterocycles. The topological polar surface area (TPSA) is 118 Å². The van der Waals surface area contributed by atoms with Crippen molar-refractivity contribution in [3.63, 3.8) is 0 Å². The first-order valence-corrected chi connectivity index (χ1v) is 6.78. The average Bonchev–Trinajstić information content (AvgIpc) is 1.77. The summed E-state index contributed by atoms with van der Waals surface area (Å²) in [7, 11) is -6.21. The average molecular weight is 233 g/mol. The van der Waals surface area contributed by atoms with Crippen molar-refractivity contribution < 1.29 is 28.7 Å². The highest BCUT2D eigenvalue weighted by Crippen LogP contribution is 2.49. The van der Waals surface area contributed by atoms with E-state index in [4.69, 9.17) is 19.6 Å². The van der Waals surface area contributed by atoms with E-state index < -0.39 is 27.1 Å². The highest BCUT2D eigenvalue weighted by atomic mass is 31.2. The number of hydrogen-bond acceptors (Lipinski definition) is 3. The fourth-order valence-electron chi connectivity index (χ4n) is 0.783. The summed E-state index contributed by atoms with van der Waals surface area (Å²) in [5.74, 6) is -1.44. The van der Waals surface area contributed by atoms with Crippen LogP contribution in [0.3, 0.4) is 0 Å². The Morgan fingerprint density at radius 1 is 1.15 bits per heavy atom. The van der Waals surface area contributed by atoms with Gasteiger partial charge in [-0.3, -0.25) is 14.0 Å². The highest BCUT2D eigenvalue weighted by Gasteiger charge is 2.36. The molecule has 0 aromatic heterocycles. The Labute approximate surface area is 75.7 Å². The van der Waals surface area contributed by atoms with Gasteiger partial charge in [-0.15, -0.1) is 0 Å². The van der Waals surface area contributed by atoms with Crippen molar-refractivity contribution in [1.29, 1.82) is 0 Å². The van der Waals surface area contributed by atoms with Crippen molar-refractivity contribution in [3.8, 4) is 0 Å². The Morgan fingerprint density at radius 3 is 1.62 bits per heavy atom. The molecule has 0 saturated heterocycles. The van der Waals surface area contributed by atoms with Crippen LogP contribution < -0.4 is 0 Å². The molecule has 0 bridgehead atoms. The van der Waals surface area contributed by atoms with Crippen LogP contribution >= 0.6 is 15.2 Å². The second kappa shape index (κ2) is 4.19. The van der Waals surface area contributed by atoms with Crippen molar-refractivity contribution in [3.05, 3.63) is 0 Å². The van der Waals surface area contributed by atoms with E-state index in [0.717, 1.165) is 4.90 Å². The lowest BCUT2D eigenvalue weighted by molar-refractivity contribution is 0.282. The van der Waals surface area contributed by atoms with E-state index in [2.05, 4.69) is 0 Å². The van der Waals surface area contributed by atoms with Crippen LogP contribution in [-0.4, -0.2) is 50.5 Å². The summed E-state index contributed by atoms with van der Waals surface area (Å²) in [6.45, 7) is 0. The second-order valence-electron chi connectivity index (χ2n) is 2.88. The van der Waals surface area contributed by atoms with Crippen molar-refractivity contribution in [2.24, 2.45) is 0 Å². The van der Waals surface area contributed by atoms with Crippen molar-refractivity contribution >= 4 is 15.2 Å². The predicted octanol–water partition coefficient (Wildman–Crippen LogP) is -0.771. The number of hydrogen-bond donors (Lipinski definition) is 4. The first kappa shape index (κ1) is 13.3. The van der Waals surface area contributed by atoms with E-state index >= 15 is 0 Å². The maximum Gasteiger partial charge on any atom is 0.343 e. The van der Waals surface area contributed by atoms with E-state index in [9.17, 15) is 9.13 Å². The molecule has 0 radical (unpaired) electrons. The molecule has 0 saturated carbocycles. The first-order chi connectivity index (χ1) is 5.54. The zero-order chi connectivity index (χ0) is 10.9. The number of nitrogens with zero attached hydrogens (tertiary/aromatic N) is 1. The third kappa shape index (κ3) is 5.54. The van der Waals surface area contributed by atoms with Crippen LogP contribution in [0.4, 0.5) is 0 Å². The molecular formula is C4H13NO6P2. The molecule has 4 N–H and O–H groups in total. The molecule has 1 unspecified atom stereocenters. The molecule has 13 heavy (non-hydrogen) atoms. The second-order valence-corrected chi connectivity index (χ2v) is 6.35. The van der Waals surface area contributed by atoms with Gasteiger partial charge in [0.25, 0.3) is 0 Å². The molecule has 0 aromatic carbocycles. The molecule has 1 atom stereocenters. The van der Waals surface area contributed by atoms with Gasteiger partial charge in [-0.05, 0) is 14.1 Å². The Bertz CT molecular complexity index is 253. The minimum Gasteiger partial charge on any atom is -0.324 e. The molecule has 0 aliphatic carbocycles. The van der Waals surface area contributed by atoms with Gasteiger partial charge in [-0.1, -0.05) is 0 Å². The van der Waals surface area contributed by atoms with Crippen LogP contribution in [0.5, 0.6) is 0 Å². The minimum absolute atomic E-state index is 0.843. The monoisotopic (exact) mass is 233 g/mol. The van der Waals surface area contributed by atoms with Gasteiger partial charge in [-0.25, -0.2) is 0 Å². The molecule has 9 heteroatoms. The van der Waals surface area contributed by atoms with Crippen molar-refractivity contribution in [2.45, 2.75) is 5.78 Å². The molecule has 0 aliphatic rings. The fourth-order valence-corrected chi connectivity index (χ4v) is 3.63. The van der Waals surface area contributed by atoms with Gasteiger partial charge in [-0.2, -0.15) is 0 Å². The van der Waals surface area contributed by atoms with Gasteiger partial charge < -0.3 is 19.6 Å². The van der Waals surface area contributed by atoms with Crippen LogP contribution in [0.1, 0.15) is 0 Å². The van der Waals surface area contributed by atoms with Gasteiger partial charge in [0.1, 0.15) is 5.78 Å². The maximum atomic E-state index is 10.8. The SMILES string of the molecule is CN(C)C(CP(=O)(O)O)P(=O)(O)O. The molecule has 0 fully saturated rings. The Morgan fingerprint density at radius 2 is 1.54 bits per heavy atom. The lowest BCUT2D eigenvalue weighted by atomic mass is 10.7. The van der Waals surface area contributed by atoms with Gasteiger partial charge in [0.2, 0.25) is 0 Å². The van der Waals surface area contributed by atoms with E-state index in [1.54, 1.807) is 0 Å². The summed E-state index contributed by atoms with van der Waals surface area (Å²) in [4.78, 5) is 35.7. The lowest BCUT2D eigenvalue weighted by Crippen LogP contribution is -2.31. The van der Waals surface area contributed by atoms with E-state index in [0.29, 0.717) is 0 Å². The summed E-state index contributed by atoms with van der Waals surface area (Å²) in [5, 5.41) is 0. The highest BCUT2D eigenvalue weighted by molar-refractivity contribution is 7.56. The lowest BCUT2D eigenvalue weighted by Gasteiger charge is -2.24. The molecule has 0 rings (SSSR count). The first-order valence-electron chi connectivity index (χ1n) is 3.30. The normalized spacial score (nSPS) is 16.2. The largest absolute Gasteiger partial charge is 0.343 e. The molecule has 7 nitrogen and oxygen atoms in total. The molecular weight excluding hydrogens is 220 g/mol. The van der Waals surface area contributed by atoms with E-state index in [1.165, 1.54) is 14.1 Å². The maximum absolute atomic E-state index is 10.8. The predicted molar refractivity (Wildman–Crippen MR) is 46.4 cm³/mol. The molecule has 0 spiro atoms. The van der Waals surface area contributed by atoms with Crippen LogP contribution in [0.25, 0.3) is 0 Å². The summed E-state index contributed by atoms with van der Waals surface area (Å²) < 4.78 is 21.3. The summed E-state index contributed by atoms with van der Waals surface area (Å²) in [6, 6.07) is 0. The Kier molecular flexibility index (Phi) is 4.27. The van der Waals surface area contributed by atoms with Crippen LogP contribution in [0, 0.1) is 0 Å².